The van der Waals surface area contributed by atoms with Gasteiger partial charge in [0.1, 0.15) is 0 Å². The van der Waals surface area contributed by atoms with Crippen LogP contribution in [0.25, 0.3) is 0 Å². The molecule has 0 fully saturated rings. The molecule has 1 atom stereocenters. The smallest absolute Gasteiger partial charge is 0.248 e. The molecule has 0 saturated carbocycles. The molecule has 0 radical (unpaired) electrons. The molecule has 0 saturated heterocycles. The molecule has 102 valence electrons. The van der Waals surface area contributed by atoms with Crippen molar-refractivity contribution in [1.82, 2.24) is 10.3 Å². The maximum atomic E-state index is 11.4. The van der Waals surface area contributed by atoms with Gasteiger partial charge in [0.15, 0.2) is 0 Å². The van der Waals surface area contributed by atoms with E-state index in [1.807, 2.05) is 6.07 Å². The van der Waals surface area contributed by atoms with Gasteiger partial charge in [-0.3, -0.25) is 4.79 Å². The molecule has 0 aromatic carbocycles. The van der Waals surface area contributed by atoms with E-state index in [0.29, 0.717) is 6.04 Å². The highest BCUT2D eigenvalue weighted by Gasteiger charge is 2.20. The van der Waals surface area contributed by atoms with Crippen LogP contribution in [0.2, 0.25) is 0 Å². The fraction of sp³-hybridized carbons (Fsp3) is 0.562. The Kier molecular flexibility index (Phi) is 3.83. The van der Waals surface area contributed by atoms with Crippen molar-refractivity contribution in [2.75, 3.05) is 6.54 Å². The predicted octanol–water partition coefficient (Wildman–Crippen LogP) is 2.84. The molecular weight excluding hydrogens is 236 g/mol. The van der Waals surface area contributed by atoms with Gasteiger partial charge >= 0.3 is 0 Å². The molecule has 0 bridgehead atoms. The third-order valence-electron chi connectivity index (χ3n) is 4.30. The Morgan fingerprint density at radius 2 is 2.21 bits per heavy atom. The lowest BCUT2D eigenvalue weighted by Crippen LogP contribution is -2.28. The highest BCUT2D eigenvalue weighted by atomic mass is 16.1. The van der Waals surface area contributed by atoms with Crippen LogP contribution in [0.5, 0.6) is 0 Å². The summed E-state index contributed by atoms with van der Waals surface area (Å²) in [6.45, 7) is 1.05. The summed E-state index contributed by atoms with van der Waals surface area (Å²) in [5, 5.41) is 3.66. The van der Waals surface area contributed by atoms with Gasteiger partial charge in [-0.1, -0.05) is 17.7 Å². The molecule has 1 heterocycles. The summed E-state index contributed by atoms with van der Waals surface area (Å²) in [5.74, 6) is 0. The summed E-state index contributed by atoms with van der Waals surface area (Å²) in [7, 11) is 0. The fourth-order valence-corrected chi connectivity index (χ4v) is 3.28. The normalized spacial score (nSPS) is 22.1. The van der Waals surface area contributed by atoms with E-state index >= 15 is 0 Å². The third-order valence-corrected chi connectivity index (χ3v) is 4.30. The minimum Gasteiger partial charge on any atom is -0.326 e. The van der Waals surface area contributed by atoms with Gasteiger partial charge in [0.2, 0.25) is 5.56 Å². The van der Waals surface area contributed by atoms with Crippen molar-refractivity contribution in [3.05, 3.63) is 45.4 Å². The Bertz CT molecular complexity index is 530. The Balaban J connectivity index is 1.61. The highest BCUT2D eigenvalue weighted by Crippen LogP contribution is 2.28. The minimum atomic E-state index is 0.0236. The van der Waals surface area contributed by atoms with E-state index in [1.54, 1.807) is 11.6 Å². The van der Waals surface area contributed by atoms with E-state index in [-0.39, 0.29) is 5.56 Å². The first-order valence-corrected chi connectivity index (χ1v) is 7.46. The lowest BCUT2D eigenvalue weighted by Gasteiger charge is -2.26. The van der Waals surface area contributed by atoms with Crippen LogP contribution in [0.4, 0.5) is 0 Å². The van der Waals surface area contributed by atoms with Gasteiger partial charge < -0.3 is 10.3 Å². The van der Waals surface area contributed by atoms with Gasteiger partial charge in [0.05, 0.1) is 0 Å². The molecule has 2 aliphatic rings. The third kappa shape index (κ3) is 2.98. The second-order valence-electron chi connectivity index (χ2n) is 5.66. The van der Waals surface area contributed by atoms with E-state index in [1.165, 1.54) is 37.7 Å². The van der Waals surface area contributed by atoms with Crippen LogP contribution in [0.1, 0.15) is 55.8 Å². The van der Waals surface area contributed by atoms with Crippen LogP contribution in [-0.2, 0) is 6.42 Å². The number of rotatable bonds is 4. The Morgan fingerprint density at radius 3 is 3.05 bits per heavy atom. The first kappa shape index (κ1) is 12.7. The van der Waals surface area contributed by atoms with Crippen LogP contribution in [0, 0.1) is 0 Å². The molecule has 3 heteroatoms. The van der Waals surface area contributed by atoms with Gasteiger partial charge in [-0.25, -0.2) is 0 Å². The molecule has 1 aromatic rings. The molecule has 19 heavy (non-hydrogen) atoms. The molecule has 2 N–H and O–H groups in total. The Labute approximate surface area is 114 Å². The predicted molar refractivity (Wildman–Crippen MR) is 77.3 cm³/mol. The Hall–Kier alpha value is -1.35. The van der Waals surface area contributed by atoms with Gasteiger partial charge in [0.25, 0.3) is 0 Å². The van der Waals surface area contributed by atoms with Crippen molar-refractivity contribution < 1.29 is 0 Å². The van der Waals surface area contributed by atoms with Gasteiger partial charge in [-0.2, -0.15) is 0 Å². The second-order valence-corrected chi connectivity index (χ2v) is 5.66. The average Bonchev–Trinajstić information content (AvgIpc) is 2.92. The van der Waals surface area contributed by atoms with Crippen molar-refractivity contribution >= 4 is 0 Å². The highest BCUT2D eigenvalue weighted by molar-refractivity contribution is 5.26. The number of hydrogen-bond acceptors (Lipinski definition) is 2. The molecule has 3 rings (SSSR count). The van der Waals surface area contributed by atoms with Crippen LogP contribution < -0.4 is 10.9 Å². The van der Waals surface area contributed by atoms with Crippen molar-refractivity contribution in [2.45, 2.75) is 51.0 Å². The van der Waals surface area contributed by atoms with Crippen LogP contribution in [0.15, 0.2) is 28.6 Å². The van der Waals surface area contributed by atoms with Crippen molar-refractivity contribution in [3.63, 3.8) is 0 Å². The van der Waals surface area contributed by atoms with Gasteiger partial charge in [-0.15, -0.1) is 0 Å². The summed E-state index contributed by atoms with van der Waals surface area (Å²) < 4.78 is 0. The molecule has 0 amide bonds. The minimum absolute atomic E-state index is 0.0236. The fourth-order valence-electron chi connectivity index (χ4n) is 3.28. The maximum absolute atomic E-state index is 11.4. The number of aromatic nitrogens is 1. The zero-order valence-corrected chi connectivity index (χ0v) is 11.4. The molecular formula is C16H22N2O. The molecule has 2 aliphatic carbocycles. The van der Waals surface area contributed by atoms with Crippen LogP contribution >= 0.6 is 0 Å². The maximum Gasteiger partial charge on any atom is 0.248 e. The summed E-state index contributed by atoms with van der Waals surface area (Å²) in [5.41, 5.74) is 4.07. The number of nitrogens with one attached hydrogen (secondary N) is 2. The number of allylic oxidation sites excluding steroid dienone is 1. The van der Waals surface area contributed by atoms with E-state index in [9.17, 15) is 4.79 Å². The Morgan fingerprint density at radius 1 is 1.26 bits per heavy atom. The van der Waals surface area contributed by atoms with E-state index in [2.05, 4.69) is 16.4 Å². The standard InChI is InChI=1S/C16H22N2O/c19-16-9-8-13-14(6-3-7-15(13)18-16)17-11-10-12-4-1-2-5-12/h4,8-9,14,17H,1-3,5-7,10-11H2,(H,18,19). The topological polar surface area (TPSA) is 44.9 Å². The van der Waals surface area contributed by atoms with Crippen molar-refractivity contribution in [2.24, 2.45) is 0 Å². The number of H-pyrrole nitrogens is 1. The van der Waals surface area contributed by atoms with Crippen LogP contribution in [0.3, 0.4) is 0 Å². The number of pyridine rings is 1. The van der Waals surface area contributed by atoms with Gasteiger partial charge in [-0.05, 0) is 57.1 Å². The van der Waals surface area contributed by atoms with Gasteiger partial charge in [0, 0.05) is 17.8 Å². The van der Waals surface area contributed by atoms with E-state index in [4.69, 9.17) is 0 Å². The van der Waals surface area contributed by atoms with Crippen LogP contribution in [-0.4, -0.2) is 11.5 Å². The number of hydrogen-bond donors (Lipinski definition) is 2. The first-order valence-electron chi connectivity index (χ1n) is 7.46. The van der Waals surface area contributed by atoms with E-state index < -0.39 is 0 Å². The first-order chi connectivity index (χ1) is 9.33. The van der Waals surface area contributed by atoms with E-state index in [0.717, 1.165) is 25.1 Å². The summed E-state index contributed by atoms with van der Waals surface area (Å²) in [6.07, 6.45) is 10.8. The largest absolute Gasteiger partial charge is 0.326 e. The van der Waals surface area contributed by atoms with Crippen molar-refractivity contribution in [1.29, 1.82) is 0 Å². The number of fused-ring (bicyclic) bond motifs is 1. The molecule has 1 aromatic heterocycles. The SMILES string of the molecule is O=c1ccc2c([nH]1)CCCC2NCCC1=CCCC1. The average molecular weight is 258 g/mol. The lowest BCUT2D eigenvalue weighted by molar-refractivity contribution is 0.456. The zero-order valence-electron chi connectivity index (χ0n) is 11.4. The molecule has 0 aliphatic heterocycles. The second kappa shape index (κ2) is 5.74. The summed E-state index contributed by atoms with van der Waals surface area (Å²) in [4.78, 5) is 14.3. The lowest BCUT2D eigenvalue weighted by atomic mass is 9.91. The quantitative estimate of drug-likeness (QED) is 0.816. The number of aryl methyl sites for hydroxylation is 1. The molecule has 3 nitrogen and oxygen atoms in total. The summed E-state index contributed by atoms with van der Waals surface area (Å²) >= 11 is 0. The number of aromatic amines is 1. The summed E-state index contributed by atoms with van der Waals surface area (Å²) in [6, 6.07) is 4.07. The monoisotopic (exact) mass is 258 g/mol. The zero-order chi connectivity index (χ0) is 13.1. The molecule has 0 spiro atoms. The van der Waals surface area contributed by atoms with Crippen molar-refractivity contribution in [3.8, 4) is 0 Å². The molecule has 1 unspecified atom stereocenters.